The molecule has 6 nitrogen and oxygen atoms in total. The van der Waals surface area contributed by atoms with E-state index in [0.29, 0.717) is 43.3 Å². The van der Waals surface area contributed by atoms with Crippen molar-refractivity contribution in [1.82, 2.24) is 0 Å². The monoisotopic (exact) mass is 448 g/mol. The van der Waals surface area contributed by atoms with Gasteiger partial charge in [-0.3, -0.25) is 4.79 Å². The van der Waals surface area contributed by atoms with E-state index >= 15 is 0 Å². The molecule has 0 bridgehead atoms. The molecule has 1 aliphatic rings. The molecule has 3 aromatic rings. The summed E-state index contributed by atoms with van der Waals surface area (Å²) in [7, 11) is 3.13. The van der Waals surface area contributed by atoms with Crippen LogP contribution in [0.4, 0.5) is 0 Å². The van der Waals surface area contributed by atoms with Crippen molar-refractivity contribution in [2.45, 2.75) is 19.4 Å². The van der Waals surface area contributed by atoms with Gasteiger partial charge in [0, 0.05) is 5.92 Å². The number of carbonyl (C=O) groups is 1. The Bertz CT molecular complexity index is 1100. The number of benzene rings is 3. The minimum atomic E-state index is -0.265. The number of rotatable bonds is 9. The van der Waals surface area contributed by atoms with Crippen LogP contribution in [-0.4, -0.2) is 31.9 Å². The van der Waals surface area contributed by atoms with E-state index in [1.165, 1.54) is 7.11 Å². The molecule has 1 saturated heterocycles. The molecule has 1 N–H and O–H groups in total. The van der Waals surface area contributed by atoms with Crippen LogP contribution in [0.25, 0.3) is 0 Å². The summed E-state index contributed by atoms with van der Waals surface area (Å²) >= 11 is 0. The van der Waals surface area contributed by atoms with Gasteiger partial charge in [0.15, 0.2) is 23.0 Å². The highest BCUT2D eigenvalue weighted by Gasteiger charge is 2.37. The lowest BCUT2D eigenvalue weighted by Gasteiger charge is -2.17. The third kappa shape index (κ3) is 5.40. The summed E-state index contributed by atoms with van der Waals surface area (Å²) < 4.78 is 22.1. The molecule has 0 saturated carbocycles. The summed E-state index contributed by atoms with van der Waals surface area (Å²) in [6, 6.07) is 21.0. The maximum atomic E-state index is 12.5. The number of aromatic hydroxyl groups is 1. The number of hydrogen-bond acceptors (Lipinski definition) is 6. The van der Waals surface area contributed by atoms with Gasteiger partial charge >= 0.3 is 5.97 Å². The lowest BCUT2D eigenvalue weighted by molar-refractivity contribution is -0.141. The highest BCUT2D eigenvalue weighted by Crippen LogP contribution is 2.35. The molecule has 0 spiro atoms. The Kier molecular flexibility index (Phi) is 7.03. The highest BCUT2D eigenvalue weighted by molar-refractivity contribution is 5.75. The number of ether oxygens (including phenoxy) is 4. The Labute approximate surface area is 193 Å². The van der Waals surface area contributed by atoms with E-state index < -0.39 is 0 Å². The molecule has 6 heteroatoms. The number of cyclic esters (lactones) is 1. The fourth-order valence-electron chi connectivity index (χ4n) is 4.16. The first-order valence-corrected chi connectivity index (χ1v) is 10.9. The summed E-state index contributed by atoms with van der Waals surface area (Å²) in [5, 5.41) is 9.83. The van der Waals surface area contributed by atoms with Gasteiger partial charge in [-0.05, 0) is 53.8 Å². The number of esters is 1. The number of methoxy groups -OCH3 is 2. The van der Waals surface area contributed by atoms with Crippen molar-refractivity contribution in [3.63, 3.8) is 0 Å². The van der Waals surface area contributed by atoms with Crippen LogP contribution in [0.2, 0.25) is 0 Å². The molecule has 1 aliphatic heterocycles. The lowest BCUT2D eigenvalue weighted by atomic mass is 9.85. The molecule has 1 heterocycles. The van der Waals surface area contributed by atoms with Crippen LogP contribution in [0.3, 0.4) is 0 Å². The number of carbonyl (C=O) groups excluding carboxylic acids is 1. The second kappa shape index (κ2) is 10.3. The average Bonchev–Trinajstić information content (AvgIpc) is 3.18. The van der Waals surface area contributed by atoms with Gasteiger partial charge in [-0.25, -0.2) is 0 Å². The highest BCUT2D eigenvalue weighted by atomic mass is 16.5. The molecular weight excluding hydrogens is 420 g/mol. The fraction of sp³-hybridized carbons (Fsp3) is 0.296. The van der Waals surface area contributed by atoms with Crippen molar-refractivity contribution in [3.05, 3.63) is 83.4 Å². The van der Waals surface area contributed by atoms with Gasteiger partial charge in [0.1, 0.15) is 6.61 Å². The molecule has 2 unspecified atom stereocenters. The topological polar surface area (TPSA) is 74.2 Å². The molecule has 0 aromatic heterocycles. The Morgan fingerprint density at radius 2 is 1.55 bits per heavy atom. The number of phenols is 1. The number of phenolic OH excluding ortho intramolecular Hbond substituents is 1. The molecule has 0 amide bonds. The van der Waals surface area contributed by atoms with E-state index in [2.05, 4.69) is 0 Å². The molecule has 172 valence electrons. The van der Waals surface area contributed by atoms with Crippen molar-refractivity contribution >= 4 is 5.97 Å². The summed E-state index contributed by atoms with van der Waals surface area (Å²) in [5.74, 6) is 1.39. The molecule has 0 aliphatic carbocycles. The third-order valence-corrected chi connectivity index (χ3v) is 5.97. The van der Waals surface area contributed by atoms with E-state index in [4.69, 9.17) is 18.9 Å². The molecular formula is C27H28O6. The zero-order valence-electron chi connectivity index (χ0n) is 18.8. The molecule has 0 radical (unpaired) electrons. The first kappa shape index (κ1) is 22.5. The van der Waals surface area contributed by atoms with E-state index in [1.54, 1.807) is 19.2 Å². The van der Waals surface area contributed by atoms with Crippen molar-refractivity contribution in [2.24, 2.45) is 11.8 Å². The van der Waals surface area contributed by atoms with E-state index in [-0.39, 0.29) is 23.6 Å². The van der Waals surface area contributed by atoms with Crippen LogP contribution >= 0.6 is 0 Å². The minimum Gasteiger partial charge on any atom is -0.504 e. The fourth-order valence-corrected chi connectivity index (χ4v) is 4.16. The SMILES string of the molecule is COc1cc(CC2C(=O)OCC2Cc2ccc(OCc3ccccc3)c(OC)c2)ccc1O. The van der Waals surface area contributed by atoms with Gasteiger partial charge in [-0.1, -0.05) is 42.5 Å². The van der Waals surface area contributed by atoms with Gasteiger partial charge < -0.3 is 24.1 Å². The van der Waals surface area contributed by atoms with Crippen LogP contribution in [-0.2, 0) is 29.0 Å². The zero-order chi connectivity index (χ0) is 23.2. The second-order valence-corrected chi connectivity index (χ2v) is 8.17. The molecule has 1 fully saturated rings. The van der Waals surface area contributed by atoms with Crippen LogP contribution in [0.5, 0.6) is 23.0 Å². The smallest absolute Gasteiger partial charge is 0.309 e. The van der Waals surface area contributed by atoms with E-state index in [9.17, 15) is 9.90 Å². The predicted octanol–water partition coefficient (Wildman–Crippen LogP) is 4.56. The quantitative estimate of drug-likeness (QED) is 0.484. The van der Waals surface area contributed by atoms with Gasteiger partial charge in [0.25, 0.3) is 0 Å². The van der Waals surface area contributed by atoms with Gasteiger partial charge in [0.05, 0.1) is 26.7 Å². The molecule has 2 atom stereocenters. The predicted molar refractivity (Wildman–Crippen MR) is 124 cm³/mol. The van der Waals surface area contributed by atoms with Crippen molar-refractivity contribution in [1.29, 1.82) is 0 Å². The van der Waals surface area contributed by atoms with Crippen molar-refractivity contribution in [3.8, 4) is 23.0 Å². The molecule has 33 heavy (non-hydrogen) atoms. The van der Waals surface area contributed by atoms with Crippen molar-refractivity contribution < 1.29 is 28.8 Å². The lowest BCUT2D eigenvalue weighted by Crippen LogP contribution is -2.20. The van der Waals surface area contributed by atoms with Crippen molar-refractivity contribution in [2.75, 3.05) is 20.8 Å². The zero-order valence-corrected chi connectivity index (χ0v) is 18.8. The first-order chi connectivity index (χ1) is 16.1. The normalized spacial score (nSPS) is 17.5. The van der Waals surface area contributed by atoms with Crippen LogP contribution in [0.15, 0.2) is 66.7 Å². The Balaban J connectivity index is 1.45. The maximum absolute atomic E-state index is 12.5. The summed E-state index contributed by atoms with van der Waals surface area (Å²) in [4.78, 5) is 12.5. The van der Waals surface area contributed by atoms with Crippen LogP contribution < -0.4 is 14.2 Å². The largest absolute Gasteiger partial charge is 0.504 e. The third-order valence-electron chi connectivity index (χ3n) is 5.97. The average molecular weight is 449 g/mol. The minimum absolute atomic E-state index is 0.0399. The second-order valence-electron chi connectivity index (χ2n) is 8.17. The summed E-state index contributed by atoms with van der Waals surface area (Å²) in [6.07, 6.45) is 1.20. The van der Waals surface area contributed by atoms with Gasteiger partial charge in [0.2, 0.25) is 0 Å². The van der Waals surface area contributed by atoms with E-state index in [0.717, 1.165) is 16.7 Å². The summed E-state index contributed by atoms with van der Waals surface area (Å²) in [6.45, 7) is 0.840. The van der Waals surface area contributed by atoms with Gasteiger partial charge in [-0.15, -0.1) is 0 Å². The maximum Gasteiger partial charge on any atom is 0.309 e. The standard InChI is InChI=1S/C27H28O6/c1-30-25-14-20(8-10-23(25)28)13-22-21(17-33-27(22)29)12-19-9-11-24(26(15-19)31-2)32-16-18-6-4-3-5-7-18/h3-11,14-15,21-22,28H,12-13,16-17H2,1-2H3. The summed E-state index contributed by atoms with van der Waals surface area (Å²) in [5.41, 5.74) is 3.05. The van der Waals surface area contributed by atoms with Crippen LogP contribution in [0, 0.1) is 11.8 Å². The van der Waals surface area contributed by atoms with Crippen LogP contribution in [0.1, 0.15) is 16.7 Å². The molecule has 3 aromatic carbocycles. The number of hydrogen-bond donors (Lipinski definition) is 1. The Morgan fingerprint density at radius 1 is 0.848 bits per heavy atom. The Morgan fingerprint density at radius 3 is 2.30 bits per heavy atom. The first-order valence-electron chi connectivity index (χ1n) is 10.9. The van der Waals surface area contributed by atoms with Gasteiger partial charge in [-0.2, -0.15) is 0 Å². The Hall–Kier alpha value is -3.67. The molecule has 4 rings (SSSR count). The van der Waals surface area contributed by atoms with E-state index in [1.807, 2.05) is 54.6 Å².